The molecule has 1 aliphatic rings. The van der Waals surface area contributed by atoms with Crippen molar-refractivity contribution in [2.45, 2.75) is 25.3 Å². The zero-order chi connectivity index (χ0) is 17.3. The van der Waals surface area contributed by atoms with Crippen molar-refractivity contribution in [1.82, 2.24) is 19.9 Å². The molecule has 0 spiro atoms. The van der Waals surface area contributed by atoms with E-state index in [2.05, 4.69) is 15.0 Å². The summed E-state index contributed by atoms with van der Waals surface area (Å²) < 4.78 is 50.8. The Morgan fingerprint density at radius 3 is 2.50 bits per heavy atom. The third-order valence-electron chi connectivity index (χ3n) is 3.68. The Balaban J connectivity index is 1.83. The van der Waals surface area contributed by atoms with Gasteiger partial charge >= 0.3 is 6.18 Å². The maximum Gasteiger partial charge on any atom is 0.451 e. The Hall–Kier alpha value is -1.80. The third-order valence-corrected chi connectivity index (χ3v) is 3.87. The quantitative estimate of drug-likeness (QED) is 0.617. The average Bonchev–Trinajstić information content (AvgIpc) is 2.91. The van der Waals surface area contributed by atoms with Crippen LogP contribution in [0.2, 0.25) is 5.15 Å². The molecule has 128 valence electrons. The van der Waals surface area contributed by atoms with Gasteiger partial charge in [0.05, 0.1) is 5.69 Å². The van der Waals surface area contributed by atoms with Crippen LogP contribution < -0.4 is 0 Å². The van der Waals surface area contributed by atoms with E-state index in [-0.39, 0.29) is 5.15 Å². The van der Waals surface area contributed by atoms with Gasteiger partial charge in [0, 0.05) is 37.6 Å². The number of rotatable bonds is 3. The van der Waals surface area contributed by atoms with Crippen LogP contribution in [0.4, 0.5) is 17.6 Å². The highest BCUT2D eigenvalue weighted by Crippen LogP contribution is 2.27. The lowest BCUT2D eigenvalue weighted by atomic mass is 10.1. The van der Waals surface area contributed by atoms with Gasteiger partial charge in [0.15, 0.2) is 0 Å². The Morgan fingerprint density at radius 1 is 1.21 bits per heavy atom. The van der Waals surface area contributed by atoms with E-state index in [1.54, 1.807) is 12.1 Å². The van der Waals surface area contributed by atoms with Gasteiger partial charge in [-0.1, -0.05) is 11.6 Å². The molecule has 1 saturated heterocycles. The molecular weight excluding hydrogens is 348 g/mol. The van der Waals surface area contributed by atoms with E-state index in [1.807, 2.05) is 4.90 Å². The van der Waals surface area contributed by atoms with Crippen molar-refractivity contribution in [3.63, 3.8) is 0 Å². The summed E-state index contributed by atoms with van der Waals surface area (Å²) in [6.07, 6.45) is -2.80. The van der Waals surface area contributed by atoms with Gasteiger partial charge in [-0.3, -0.25) is 4.90 Å². The van der Waals surface area contributed by atoms with Crippen LogP contribution in [-0.4, -0.2) is 39.1 Å². The predicted molar refractivity (Wildman–Crippen MR) is 80.1 cm³/mol. The van der Waals surface area contributed by atoms with E-state index in [1.165, 1.54) is 0 Å². The number of likely N-dealkylation sites (tertiary alicyclic amines) is 1. The smallest absolute Gasteiger partial charge is 0.296 e. The second kappa shape index (κ2) is 6.60. The lowest BCUT2D eigenvalue weighted by Gasteiger charge is -2.15. The number of nitrogens with zero attached hydrogens (tertiary/aromatic N) is 4. The molecule has 3 rings (SSSR count). The number of aromatic nitrogens is 3. The van der Waals surface area contributed by atoms with Gasteiger partial charge in [-0.2, -0.15) is 13.2 Å². The normalized spacial score (nSPS) is 19.0. The molecular formula is C15H13ClF4N4. The Labute approximate surface area is 140 Å². The summed E-state index contributed by atoms with van der Waals surface area (Å²) >= 11 is 5.99. The first-order chi connectivity index (χ1) is 11.3. The molecule has 0 bridgehead atoms. The first kappa shape index (κ1) is 17.0. The Morgan fingerprint density at radius 2 is 1.92 bits per heavy atom. The van der Waals surface area contributed by atoms with Crippen LogP contribution in [0, 0.1) is 0 Å². The number of hydrogen-bond acceptors (Lipinski definition) is 4. The summed E-state index contributed by atoms with van der Waals surface area (Å²) in [5, 5.41) is 0.207. The van der Waals surface area contributed by atoms with Gasteiger partial charge in [-0.25, -0.2) is 19.3 Å². The fourth-order valence-corrected chi connectivity index (χ4v) is 2.81. The van der Waals surface area contributed by atoms with E-state index in [0.29, 0.717) is 37.3 Å². The summed E-state index contributed by atoms with van der Waals surface area (Å²) in [6.45, 7) is 1.51. The van der Waals surface area contributed by atoms with Crippen LogP contribution in [0.5, 0.6) is 0 Å². The van der Waals surface area contributed by atoms with Crippen molar-refractivity contribution < 1.29 is 17.6 Å². The third kappa shape index (κ3) is 3.99. The lowest BCUT2D eigenvalue weighted by molar-refractivity contribution is -0.144. The number of hydrogen-bond donors (Lipinski definition) is 0. The minimum Gasteiger partial charge on any atom is -0.296 e. The zero-order valence-corrected chi connectivity index (χ0v) is 13.1. The van der Waals surface area contributed by atoms with E-state index in [4.69, 9.17) is 11.6 Å². The molecule has 1 aliphatic heterocycles. The van der Waals surface area contributed by atoms with Crippen molar-refractivity contribution in [2.75, 3.05) is 13.1 Å². The van der Waals surface area contributed by atoms with Gasteiger partial charge < -0.3 is 0 Å². The molecule has 24 heavy (non-hydrogen) atoms. The van der Waals surface area contributed by atoms with Crippen LogP contribution in [0.1, 0.15) is 17.8 Å². The van der Waals surface area contributed by atoms with E-state index >= 15 is 0 Å². The number of halogens is 5. The van der Waals surface area contributed by atoms with Crippen molar-refractivity contribution in [3.8, 4) is 11.3 Å². The van der Waals surface area contributed by atoms with Gasteiger partial charge in [-0.15, -0.1) is 0 Å². The fraction of sp³-hybridized carbons (Fsp3) is 0.400. The molecule has 0 radical (unpaired) electrons. The summed E-state index contributed by atoms with van der Waals surface area (Å²) in [5.41, 5.74) is 1.51. The molecule has 0 saturated carbocycles. The van der Waals surface area contributed by atoms with Crippen molar-refractivity contribution in [3.05, 3.63) is 41.1 Å². The minimum absolute atomic E-state index is 0.207. The first-order valence-corrected chi connectivity index (χ1v) is 7.61. The summed E-state index contributed by atoms with van der Waals surface area (Å²) in [7, 11) is 0. The second-order valence-electron chi connectivity index (χ2n) is 5.60. The second-order valence-corrected chi connectivity index (χ2v) is 5.98. The average molecular weight is 361 g/mol. The standard InChI is InChI=1S/C15H13ClF4N4/c16-13-4-9(7-24-2-1-11(17)8-24)3-12(23-13)10-5-21-14(22-6-10)15(18,19)20/h3-6,11H,1-2,7-8H2. The van der Waals surface area contributed by atoms with Crippen LogP contribution in [0.3, 0.4) is 0 Å². The summed E-state index contributed by atoms with van der Waals surface area (Å²) in [5.74, 6) is -1.21. The predicted octanol–water partition coefficient (Wildman–Crippen LogP) is 3.75. The molecule has 1 unspecified atom stereocenters. The molecule has 1 fully saturated rings. The number of alkyl halides is 4. The zero-order valence-electron chi connectivity index (χ0n) is 12.4. The number of pyridine rings is 1. The molecule has 9 heteroatoms. The van der Waals surface area contributed by atoms with Crippen molar-refractivity contribution >= 4 is 11.6 Å². The molecule has 0 aliphatic carbocycles. The van der Waals surface area contributed by atoms with E-state index in [0.717, 1.165) is 18.0 Å². The molecule has 1 atom stereocenters. The van der Waals surface area contributed by atoms with Gasteiger partial charge in [0.1, 0.15) is 11.3 Å². The van der Waals surface area contributed by atoms with Crippen LogP contribution in [0.15, 0.2) is 24.5 Å². The largest absolute Gasteiger partial charge is 0.451 e. The monoisotopic (exact) mass is 360 g/mol. The van der Waals surface area contributed by atoms with Crippen molar-refractivity contribution in [1.29, 1.82) is 0 Å². The molecule has 0 aromatic carbocycles. The Bertz CT molecular complexity index is 720. The van der Waals surface area contributed by atoms with E-state index < -0.39 is 18.2 Å². The highest BCUT2D eigenvalue weighted by Gasteiger charge is 2.34. The molecule has 2 aromatic rings. The maximum absolute atomic E-state index is 13.2. The molecule has 0 amide bonds. The highest BCUT2D eigenvalue weighted by atomic mass is 35.5. The maximum atomic E-state index is 13.2. The topological polar surface area (TPSA) is 41.9 Å². The van der Waals surface area contributed by atoms with Crippen LogP contribution in [-0.2, 0) is 12.7 Å². The summed E-state index contributed by atoms with van der Waals surface area (Å²) in [6, 6.07) is 3.35. The Kier molecular flexibility index (Phi) is 4.69. The SMILES string of the molecule is FC1CCN(Cc2cc(Cl)nc(-c3cnc(C(F)(F)F)nc3)c2)C1. The van der Waals surface area contributed by atoms with Gasteiger partial charge in [0.25, 0.3) is 0 Å². The van der Waals surface area contributed by atoms with Crippen molar-refractivity contribution in [2.24, 2.45) is 0 Å². The highest BCUT2D eigenvalue weighted by molar-refractivity contribution is 6.29. The van der Waals surface area contributed by atoms with Gasteiger partial charge in [-0.05, 0) is 24.1 Å². The summed E-state index contributed by atoms with van der Waals surface area (Å²) in [4.78, 5) is 12.7. The lowest BCUT2D eigenvalue weighted by Crippen LogP contribution is -2.20. The van der Waals surface area contributed by atoms with Crippen LogP contribution in [0.25, 0.3) is 11.3 Å². The molecule has 2 aromatic heterocycles. The first-order valence-electron chi connectivity index (χ1n) is 7.24. The minimum atomic E-state index is -4.59. The molecule has 3 heterocycles. The van der Waals surface area contributed by atoms with Crippen LogP contribution >= 0.6 is 11.6 Å². The molecule has 4 nitrogen and oxygen atoms in total. The van der Waals surface area contributed by atoms with E-state index in [9.17, 15) is 17.6 Å². The molecule has 0 N–H and O–H groups in total. The van der Waals surface area contributed by atoms with Gasteiger partial charge in [0.2, 0.25) is 5.82 Å². The fourth-order valence-electron chi connectivity index (χ4n) is 2.58.